The number of ether oxygens (including phenoxy) is 2. The molecule has 0 aromatic heterocycles. The second-order valence-electron chi connectivity index (χ2n) is 4.08. The van der Waals surface area contributed by atoms with Crippen LogP contribution in [0.2, 0.25) is 5.02 Å². The van der Waals surface area contributed by atoms with Crippen molar-refractivity contribution in [1.82, 2.24) is 0 Å². The first kappa shape index (κ1) is 16.6. The molecular formula is C12H16ClNO5S. The number of anilines is 1. The summed E-state index contributed by atoms with van der Waals surface area (Å²) in [6.45, 7) is 1.44. The molecule has 0 N–H and O–H groups in total. The third-order valence-corrected chi connectivity index (χ3v) is 4.18. The average Bonchev–Trinajstić information content (AvgIpc) is 2.36. The van der Waals surface area contributed by atoms with Crippen molar-refractivity contribution in [3.05, 3.63) is 23.2 Å². The quantitative estimate of drug-likeness (QED) is 0.771. The summed E-state index contributed by atoms with van der Waals surface area (Å²) in [6, 6.07) is 3.45. The van der Waals surface area contributed by atoms with Crippen molar-refractivity contribution in [2.75, 3.05) is 24.8 Å². The van der Waals surface area contributed by atoms with Crippen LogP contribution in [0.1, 0.15) is 6.92 Å². The summed E-state index contributed by atoms with van der Waals surface area (Å²) in [5, 5.41) is 0.246. The van der Waals surface area contributed by atoms with E-state index in [0.29, 0.717) is 5.75 Å². The summed E-state index contributed by atoms with van der Waals surface area (Å²) >= 11 is 5.98. The number of methoxy groups -OCH3 is 2. The minimum atomic E-state index is -3.68. The number of hydrogen-bond acceptors (Lipinski definition) is 5. The van der Waals surface area contributed by atoms with Crippen LogP contribution in [0, 0.1) is 0 Å². The van der Waals surface area contributed by atoms with Gasteiger partial charge in [0.2, 0.25) is 10.0 Å². The standard InChI is InChI=1S/C12H16ClNO5S/c1-8(12(15)19-3)14(20(4,16)17)9-5-6-11(18-2)10(13)7-9/h5-8H,1-4H3/t8-/m1/s1. The van der Waals surface area contributed by atoms with Crippen LogP contribution in [0.25, 0.3) is 0 Å². The Bertz CT molecular complexity index is 602. The molecule has 1 aromatic carbocycles. The molecule has 112 valence electrons. The van der Waals surface area contributed by atoms with Crippen LogP contribution in [-0.2, 0) is 19.6 Å². The molecule has 8 heteroatoms. The molecule has 20 heavy (non-hydrogen) atoms. The number of hydrogen-bond donors (Lipinski definition) is 0. The van der Waals surface area contributed by atoms with Crippen LogP contribution >= 0.6 is 11.6 Å². The van der Waals surface area contributed by atoms with Gasteiger partial charge in [-0.3, -0.25) is 4.31 Å². The Morgan fingerprint density at radius 2 is 1.95 bits per heavy atom. The normalized spacial score (nSPS) is 12.7. The van der Waals surface area contributed by atoms with Gasteiger partial charge in [-0.05, 0) is 25.1 Å². The zero-order valence-electron chi connectivity index (χ0n) is 11.6. The van der Waals surface area contributed by atoms with Gasteiger partial charge in [-0.2, -0.15) is 0 Å². The Hall–Kier alpha value is -1.47. The summed E-state index contributed by atoms with van der Waals surface area (Å²) in [5.74, 6) is -0.253. The van der Waals surface area contributed by atoms with Gasteiger partial charge in [0, 0.05) is 0 Å². The summed E-state index contributed by atoms with van der Waals surface area (Å²) in [4.78, 5) is 11.6. The molecule has 0 saturated heterocycles. The van der Waals surface area contributed by atoms with E-state index in [-0.39, 0.29) is 10.7 Å². The fraction of sp³-hybridized carbons (Fsp3) is 0.417. The molecule has 0 bridgehead atoms. The summed E-state index contributed by atoms with van der Waals surface area (Å²) in [6.07, 6.45) is 1.00. The second-order valence-corrected chi connectivity index (χ2v) is 6.34. The molecule has 0 fully saturated rings. The van der Waals surface area contributed by atoms with E-state index in [0.717, 1.165) is 10.6 Å². The SMILES string of the molecule is COC(=O)[C@@H](C)N(c1ccc(OC)c(Cl)c1)S(C)(=O)=O. The number of sulfonamides is 1. The minimum Gasteiger partial charge on any atom is -0.495 e. The molecule has 0 unspecified atom stereocenters. The van der Waals surface area contributed by atoms with Gasteiger partial charge in [-0.1, -0.05) is 11.6 Å². The first-order valence-electron chi connectivity index (χ1n) is 5.63. The van der Waals surface area contributed by atoms with Crippen LogP contribution in [0.4, 0.5) is 5.69 Å². The molecular weight excluding hydrogens is 306 g/mol. The highest BCUT2D eigenvalue weighted by Gasteiger charge is 2.30. The van der Waals surface area contributed by atoms with E-state index >= 15 is 0 Å². The number of nitrogens with zero attached hydrogens (tertiary/aromatic N) is 1. The van der Waals surface area contributed by atoms with E-state index in [1.165, 1.54) is 39.3 Å². The van der Waals surface area contributed by atoms with Gasteiger partial charge in [0.1, 0.15) is 11.8 Å². The number of esters is 1. The number of rotatable bonds is 5. The maximum absolute atomic E-state index is 11.9. The predicted molar refractivity (Wildman–Crippen MR) is 76.8 cm³/mol. The fourth-order valence-electron chi connectivity index (χ4n) is 1.76. The van der Waals surface area contributed by atoms with E-state index in [9.17, 15) is 13.2 Å². The topological polar surface area (TPSA) is 72.9 Å². The van der Waals surface area contributed by atoms with Gasteiger partial charge in [0.15, 0.2) is 0 Å². The monoisotopic (exact) mass is 321 g/mol. The Morgan fingerprint density at radius 1 is 1.35 bits per heavy atom. The summed E-state index contributed by atoms with van der Waals surface area (Å²) in [5.41, 5.74) is 0.260. The molecule has 0 aliphatic heterocycles. The van der Waals surface area contributed by atoms with Crippen LogP contribution < -0.4 is 9.04 Å². The molecule has 0 amide bonds. The molecule has 1 aromatic rings. The van der Waals surface area contributed by atoms with Crippen LogP contribution in [0.3, 0.4) is 0 Å². The number of benzene rings is 1. The van der Waals surface area contributed by atoms with Crippen molar-refractivity contribution in [1.29, 1.82) is 0 Å². The first-order valence-corrected chi connectivity index (χ1v) is 7.85. The van der Waals surface area contributed by atoms with Crippen molar-refractivity contribution in [3.8, 4) is 5.75 Å². The van der Waals surface area contributed by atoms with E-state index < -0.39 is 22.0 Å². The van der Waals surface area contributed by atoms with Crippen molar-refractivity contribution >= 4 is 33.3 Å². The van der Waals surface area contributed by atoms with Crippen LogP contribution in [-0.4, -0.2) is 40.9 Å². The van der Waals surface area contributed by atoms with Gasteiger partial charge >= 0.3 is 5.97 Å². The van der Waals surface area contributed by atoms with E-state index in [1.54, 1.807) is 0 Å². The van der Waals surface area contributed by atoms with Gasteiger partial charge in [-0.15, -0.1) is 0 Å². The molecule has 0 radical (unpaired) electrons. The number of carbonyl (C=O) groups excluding carboxylic acids is 1. The predicted octanol–water partition coefficient (Wildman–Crippen LogP) is 1.68. The Balaban J connectivity index is 3.33. The smallest absolute Gasteiger partial charge is 0.329 e. The highest BCUT2D eigenvalue weighted by Crippen LogP contribution is 2.31. The van der Waals surface area contributed by atoms with Gasteiger partial charge in [0.25, 0.3) is 0 Å². The molecule has 1 atom stereocenters. The fourth-order valence-corrected chi connectivity index (χ4v) is 3.17. The van der Waals surface area contributed by atoms with Crippen LogP contribution in [0.15, 0.2) is 18.2 Å². The van der Waals surface area contributed by atoms with Crippen molar-refractivity contribution < 1.29 is 22.7 Å². The van der Waals surface area contributed by atoms with Gasteiger partial charge < -0.3 is 9.47 Å². The zero-order chi connectivity index (χ0) is 15.5. The lowest BCUT2D eigenvalue weighted by molar-refractivity contribution is -0.141. The van der Waals surface area contributed by atoms with Crippen molar-refractivity contribution in [3.63, 3.8) is 0 Å². The Morgan fingerprint density at radius 3 is 2.35 bits per heavy atom. The van der Waals surface area contributed by atoms with E-state index in [4.69, 9.17) is 16.3 Å². The number of carbonyl (C=O) groups is 1. The molecule has 0 spiro atoms. The molecule has 0 heterocycles. The summed E-state index contributed by atoms with van der Waals surface area (Å²) < 4.78 is 34.3. The first-order chi connectivity index (χ1) is 9.22. The Kier molecular flexibility index (Phi) is 5.24. The molecule has 0 aliphatic carbocycles. The van der Waals surface area contributed by atoms with E-state index in [1.807, 2.05) is 0 Å². The molecule has 6 nitrogen and oxygen atoms in total. The van der Waals surface area contributed by atoms with Crippen molar-refractivity contribution in [2.45, 2.75) is 13.0 Å². The lowest BCUT2D eigenvalue weighted by atomic mass is 10.2. The van der Waals surface area contributed by atoms with Gasteiger partial charge in [0.05, 0.1) is 31.2 Å². The third-order valence-electron chi connectivity index (χ3n) is 2.64. The maximum atomic E-state index is 11.9. The highest BCUT2D eigenvalue weighted by atomic mass is 35.5. The largest absolute Gasteiger partial charge is 0.495 e. The molecule has 0 aliphatic rings. The van der Waals surface area contributed by atoms with Gasteiger partial charge in [-0.25, -0.2) is 13.2 Å². The molecule has 1 rings (SSSR count). The minimum absolute atomic E-state index is 0.246. The van der Waals surface area contributed by atoms with Crippen LogP contribution in [0.5, 0.6) is 5.75 Å². The average molecular weight is 322 g/mol. The lowest BCUT2D eigenvalue weighted by Gasteiger charge is -2.27. The Labute approximate surface area is 123 Å². The lowest BCUT2D eigenvalue weighted by Crippen LogP contribution is -2.43. The molecule has 0 saturated carbocycles. The maximum Gasteiger partial charge on any atom is 0.329 e. The number of halogens is 1. The highest BCUT2D eigenvalue weighted by molar-refractivity contribution is 7.92. The third kappa shape index (κ3) is 3.55. The zero-order valence-corrected chi connectivity index (χ0v) is 13.2. The second kappa shape index (κ2) is 6.32. The summed E-state index contributed by atoms with van der Waals surface area (Å²) in [7, 11) is -1.03. The van der Waals surface area contributed by atoms with Crippen molar-refractivity contribution in [2.24, 2.45) is 0 Å². The van der Waals surface area contributed by atoms with E-state index in [2.05, 4.69) is 4.74 Å².